The Balaban J connectivity index is 2.16. The average molecular weight is 305 g/mol. The van der Waals surface area contributed by atoms with E-state index in [1.807, 2.05) is 6.07 Å². The van der Waals surface area contributed by atoms with E-state index in [1.54, 1.807) is 7.11 Å². The Hall–Kier alpha value is -2.24. The molecule has 8 nitrogen and oxygen atoms in total. The van der Waals surface area contributed by atoms with Gasteiger partial charge in [-0.3, -0.25) is 10.1 Å². The predicted octanol–water partition coefficient (Wildman–Crippen LogP) is 1.29. The van der Waals surface area contributed by atoms with Crippen LogP contribution >= 0.6 is 0 Å². The third-order valence-electron chi connectivity index (χ3n) is 3.94. The van der Waals surface area contributed by atoms with Crippen LogP contribution in [0, 0.1) is 26.9 Å². The van der Waals surface area contributed by atoms with Crippen molar-refractivity contribution in [3.63, 3.8) is 0 Å². The van der Waals surface area contributed by atoms with Crippen molar-refractivity contribution in [2.45, 2.75) is 12.8 Å². The van der Waals surface area contributed by atoms with Gasteiger partial charge in [-0.2, -0.15) is 5.26 Å². The largest absolute Gasteiger partial charge is 0.384 e. The summed E-state index contributed by atoms with van der Waals surface area (Å²) >= 11 is 0. The molecule has 2 heterocycles. The third kappa shape index (κ3) is 3.69. The number of nitrogens with zero attached hydrogens (tertiary/aromatic N) is 3. The maximum Gasteiger partial charge on any atom is 0.312 e. The van der Waals surface area contributed by atoms with Crippen LogP contribution in [0.25, 0.3) is 0 Å². The van der Waals surface area contributed by atoms with E-state index < -0.39 is 4.92 Å². The minimum Gasteiger partial charge on any atom is -0.384 e. The highest BCUT2D eigenvalue weighted by Gasteiger charge is 2.32. The number of aromatic nitrogens is 1. The molecule has 0 atom stereocenters. The first-order valence-electron chi connectivity index (χ1n) is 7.08. The summed E-state index contributed by atoms with van der Waals surface area (Å²) in [6.07, 6.45) is 3.19. The van der Waals surface area contributed by atoms with Gasteiger partial charge in [-0.25, -0.2) is 4.98 Å². The van der Waals surface area contributed by atoms with Crippen LogP contribution in [0.1, 0.15) is 18.4 Å². The van der Waals surface area contributed by atoms with E-state index in [0.717, 1.165) is 25.9 Å². The van der Waals surface area contributed by atoms with Crippen LogP contribution in [0.4, 0.5) is 11.5 Å². The lowest BCUT2D eigenvalue weighted by Crippen LogP contribution is -2.44. The van der Waals surface area contributed by atoms with Crippen molar-refractivity contribution in [3.05, 3.63) is 27.9 Å². The Kier molecular flexibility index (Phi) is 5.25. The fourth-order valence-corrected chi connectivity index (χ4v) is 2.70. The SMILES string of the molecule is COCC1(CNc2ncc(C#N)cc2[N+](=O)[O-])CCNCC1. The van der Waals surface area contributed by atoms with Crippen LogP contribution in [-0.4, -0.2) is 43.3 Å². The highest BCUT2D eigenvalue weighted by molar-refractivity contribution is 5.58. The minimum atomic E-state index is -0.526. The van der Waals surface area contributed by atoms with Gasteiger partial charge < -0.3 is 15.4 Å². The molecule has 1 fully saturated rings. The molecule has 1 aliphatic rings. The van der Waals surface area contributed by atoms with E-state index in [0.29, 0.717) is 13.2 Å². The number of piperidine rings is 1. The van der Waals surface area contributed by atoms with E-state index in [1.165, 1.54) is 12.3 Å². The Morgan fingerprint density at radius 3 is 2.91 bits per heavy atom. The number of hydrogen-bond donors (Lipinski definition) is 2. The number of methoxy groups -OCH3 is 1. The molecule has 22 heavy (non-hydrogen) atoms. The number of nitrogens with one attached hydrogen (secondary N) is 2. The number of nitriles is 1. The first-order valence-corrected chi connectivity index (χ1v) is 7.08. The Morgan fingerprint density at radius 2 is 2.32 bits per heavy atom. The molecule has 8 heteroatoms. The number of pyridine rings is 1. The number of ether oxygens (including phenoxy) is 1. The molecular weight excluding hydrogens is 286 g/mol. The molecule has 2 rings (SSSR count). The van der Waals surface area contributed by atoms with E-state index in [4.69, 9.17) is 10.00 Å². The Bertz CT molecular complexity index is 573. The fourth-order valence-electron chi connectivity index (χ4n) is 2.70. The van der Waals surface area contributed by atoms with Crippen LogP contribution in [-0.2, 0) is 4.74 Å². The van der Waals surface area contributed by atoms with Gasteiger partial charge in [-0.15, -0.1) is 0 Å². The molecule has 0 saturated carbocycles. The highest BCUT2D eigenvalue weighted by atomic mass is 16.6. The molecule has 0 amide bonds. The molecule has 2 N–H and O–H groups in total. The summed E-state index contributed by atoms with van der Waals surface area (Å²) in [4.78, 5) is 14.6. The van der Waals surface area contributed by atoms with Crippen LogP contribution in [0.5, 0.6) is 0 Å². The van der Waals surface area contributed by atoms with E-state index >= 15 is 0 Å². The van der Waals surface area contributed by atoms with Crippen molar-refractivity contribution in [1.29, 1.82) is 5.26 Å². The summed E-state index contributed by atoms with van der Waals surface area (Å²) in [5.41, 5.74) is -0.0741. The molecule has 1 aromatic rings. The summed E-state index contributed by atoms with van der Waals surface area (Å²) in [7, 11) is 1.66. The van der Waals surface area contributed by atoms with Crippen LogP contribution < -0.4 is 10.6 Å². The zero-order chi connectivity index (χ0) is 16.0. The minimum absolute atomic E-state index is 0.0660. The van der Waals surface area contributed by atoms with Crippen molar-refractivity contribution in [2.75, 3.05) is 38.7 Å². The summed E-state index contributed by atoms with van der Waals surface area (Å²) in [6, 6.07) is 3.10. The van der Waals surface area contributed by atoms with Gasteiger partial charge in [0.1, 0.15) is 6.07 Å². The third-order valence-corrected chi connectivity index (χ3v) is 3.94. The molecule has 1 aromatic heterocycles. The lowest BCUT2D eigenvalue weighted by molar-refractivity contribution is -0.384. The van der Waals surface area contributed by atoms with Crippen molar-refractivity contribution >= 4 is 11.5 Å². The van der Waals surface area contributed by atoms with Crippen LogP contribution in [0.15, 0.2) is 12.3 Å². The van der Waals surface area contributed by atoms with Crippen molar-refractivity contribution in [1.82, 2.24) is 10.3 Å². The summed E-state index contributed by atoms with van der Waals surface area (Å²) in [5, 5.41) is 26.3. The van der Waals surface area contributed by atoms with Gasteiger partial charge in [-0.05, 0) is 25.9 Å². The van der Waals surface area contributed by atoms with Crippen molar-refractivity contribution < 1.29 is 9.66 Å². The molecule has 0 bridgehead atoms. The van der Waals surface area contributed by atoms with Gasteiger partial charge in [-0.1, -0.05) is 0 Å². The first kappa shape index (κ1) is 16.1. The summed E-state index contributed by atoms with van der Waals surface area (Å²) < 4.78 is 5.32. The molecule has 0 aliphatic carbocycles. The van der Waals surface area contributed by atoms with Crippen molar-refractivity contribution in [3.8, 4) is 6.07 Å². The van der Waals surface area contributed by atoms with Gasteiger partial charge in [0, 0.05) is 31.3 Å². The monoisotopic (exact) mass is 305 g/mol. The Labute approximate surface area is 128 Å². The normalized spacial score (nSPS) is 16.7. The molecule has 0 spiro atoms. The van der Waals surface area contributed by atoms with E-state index in [9.17, 15) is 10.1 Å². The fraction of sp³-hybridized carbons (Fsp3) is 0.571. The van der Waals surface area contributed by atoms with Gasteiger partial charge in [0.15, 0.2) is 0 Å². The average Bonchev–Trinajstić information content (AvgIpc) is 2.54. The molecule has 0 aromatic carbocycles. The number of anilines is 1. The van der Waals surface area contributed by atoms with Gasteiger partial charge in [0.2, 0.25) is 5.82 Å². The standard InChI is InChI=1S/C14H19N5O3/c1-22-10-14(2-4-16-5-3-14)9-18-13-12(19(20)21)6-11(7-15)8-17-13/h6,8,16H,2-5,9-10H2,1H3,(H,17,18). The second-order valence-electron chi connectivity index (χ2n) is 5.50. The highest BCUT2D eigenvalue weighted by Crippen LogP contribution is 2.31. The van der Waals surface area contributed by atoms with Crippen LogP contribution in [0.3, 0.4) is 0 Å². The molecule has 1 aliphatic heterocycles. The summed E-state index contributed by atoms with van der Waals surface area (Å²) in [6.45, 7) is 2.93. The molecular formula is C14H19N5O3. The first-order chi connectivity index (χ1) is 10.6. The van der Waals surface area contributed by atoms with Crippen molar-refractivity contribution in [2.24, 2.45) is 5.41 Å². The molecule has 1 saturated heterocycles. The second-order valence-corrected chi connectivity index (χ2v) is 5.50. The predicted molar refractivity (Wildman–Crippen MR) is 80.5 cm³/mol. The van der Waals surface area contributed by atoms with Gasteiger partial charge >= 0.3 is 5.69 Å². The van der Waals surface area contributed by atoms with Crippen LogP contribution in [0.2, 0.25) is 0 Å². The smallest absolute Gasteiger partial charge is 0.312 e. The lowest BCUT2D eigenvalue weighted by atomic mass is 9.79. The quantitative estimate of drug-likeness (QED) is 0.601. The van der Waals surface area contributed by atoms with E-state index in [-0.39, 0.29) is 22.5 Å². The number of hydrogen-bond acceptors (Lipinski definition) is 7. The topological polar surface area (TPSA) is 113 Å². The maximum absolute atomic E-state index is 11.1. The molecule has 118 valence electrons. The zero-order valence-electron chi connectivity index (χ0n) is 12.5. The second kappa shape index (κ2) is 7.15. The molecule has 0 unspecified atom stereocenters. The van der Waals surface area contributed by atoms with Gasteiger partial charge in [0.25, 0.3) is 0 Å². The lowest BCUT2D eigenvalue weighted by Gasteiger charge is -2.37. The van der Waals surface area contributed by atoms with E-state index in [2.05, 4.69) is 15.6 Å². The van der Waals surface area contributed by atoms with Gasteiger partial charge in [0.05, 0.1) is 17.1 Å². The number of rotatable bonds is 6. The summed E-state index contributed by atoms with van der Waals surface area (Å²) in [5.74, 6) is 0.193. The molecule has 0 radical (unpaired) electrons. The number of nitro groups is 1. The Morgan fingerprint density at radius 1 is 1.59 bits per heavy atom. The maximum atomic E-state index is 11.1. The zero-order valence-corrected chi connectivity index (χ0v) is 12.5.